The number of hydrogen-bond acceptors (Lipinski definition) is 4. The van der Waals surface area contributed by atoms with E-state index in [0.29, 0.717) is 11.8 Å². The Bertz CT molecular complexity index is 474. The molecule has 2 unspecified atom stereocenters. The van der Waals surface area contributed by atoms with Gasteiger partial charge < -0.3 is 10.0 Å². The highest BCUT2D eigenvalue weighted by molar-refractivity contribution is 5.74. The Labute approximate surface area is 112 Å². The van der Waals surface area contributed by atoms with Gasteiger partial charge in [0.1, 0.15) is 5.82 Å². The molecule has 0 radical (unpaired) electrons. The average Bonchev–Trinajstić information content (AvgIpc) is 2.88. The summed E-state index contributed by atoms with van der Waals surface area (Å²) >= 11 is 0. The van der Waals surface area contributed by atoms with Crippen molar-refractivity contribution in [1.82, 2.24) is 9.88 Å². The number of pyridine rings is 1. The minimum Gasteiger partial charge on any atom is -0.481 e. The van der Waals surface area contributed by atoms with Gasteiger partial charge in [-0.15, -0.1) is 0 Å². The molecule has 0 amide bonds. The van der Waals surface area contributed by atoms with Gasteiger partial charge in [-0.1, -0.05) is 6.07 Å². The molecule has 2 aliphatic rings. The second kappa shape index (κ2) is 4.49. The smallest absolute Gasteiger partial charge is 0.307 e. The fourth-order valence-electron chi connectivity index (χ4n) is 3.14. The van der Waals surface area contributed by atoms with Gasteiger partial charge in [0.2, 0.25) is 0 Å². The second-order valence-electron chi connectivity index (χ2n) is 5.80. The van der Waals surface area contributed by atoms with E-state index < -0.39 is 5.97 Å². The van der Waals surface area contributed by atoms with Crippen LogP contribution in [-0.2, 0) is 11.3 Å². The zero-order valence-corrected chi connectivity index (χ0v) is 11.3. The van der Waals surface area contributed by atoms with Crippen molar-refractivity contribution in [3.8, 4) is 0 Å². The van der Waals surface area contributed by atoms with Gasteiger partial charge in [0.05, 0.1) is 5.92 Å². The van der Waals surface area contributed by atoms with Crippen LogP contribution in [0, 0.1) is 17.8 Å². The molecule has 2 atom stereocenters. The number of carbonyl (C=O) groups is 1. The summed E-state index contributed by atoms with van der Waals surface area (Å²) in [6.07, 6.45) is 1.91. The lowest BCUT2D eigenvalue weighted by Crippen LogP contribution is -2.26. The minimum atomic E-state index is -0.619. The lowest BCUT2D eigenvalue weighted by molar-refractivity contribution is -0.139. The van der Waals surface area contributed by atoms with Crippen molar-refractivity contribution in [2.45, 2.75) is 6.54 Å². The molecule has 0 bridgehead atoms. The van der Waals surface area contributed by atoms with Gasteiger partial charge in [-0.05, 0) is 23.5 Å². The number of carboxylic acids is 1. The SMILES string of the molecule is CN(C)c1ccc(CN2CC3C(C2)C3C(=O)O)cn1. The maximum absolute atomic E-state index is 10.9. The van der Waals surface area contributed by atoms with Gasteiger partial charge in [0.25, 0.3) is 0 Å². The number of anilines is 1. The van der Waals surface area contributed by atoms with Gasteiger partial charge in [-0.25, -0.2) is 4.98 Å². The van der Waals surface area contributed by atoms with Gasteiger partial charge >= 0.3 is 5.97 Å². The summed E-state index contributed by atoms with van der Waals surface area (Å²) in [5.74, 6) is 1.02. The van der Waals surface area contributed by atoms with Gasteiger partial charge in [-0.2, -0.15) is 0 Å². The molecule has 1 N–H and O–H groups in total. The highest BCUT2D eigenvalue weighted by Gasteiger charge is 2.59. The molecule has 0 spiro atoms. The van der Waals surface area contributed by atoms with Crippen molar-refractivity contribution in [2.75, 3.05) is 32.1 Å². The highest BCUT2D eigenvalue weighted by atomic mass is 16.4. The van der Waals surface area contributed by atoms with E-state index in [2.05, 4.69) is 16.0 Å². The number of piperidine rings is 1. The lowest BCUT2D eigenvalue weighted by atomic mass is 10.2. The van der Waals surface area contributed by atoms with Crippen molar-refractivity contribution < 1.29 is 9.90 Å². The first-order valence-electron chi connectivity index (χ1n) is 6.63. The summed E-state index contributed by atoms with van der Waals surface area (Å²) in [5, 5.41) is 8.98. The van der Waals surface area contributed by atoms with E-state index >= 15 is 0 Å². The molecule has 5 nitrogen and oxygen atoms in total. The Morgan fingerprint density at radius 2 is 2.11 bits per heavy atom. The number of nitrogens with zero attached hydrogens (tertiary/aromatic N) is 3. The van der Waals surface area contributed by atoms with Crippen molar-refractivity contribution >= 4 is 11.8 Å². The van der Waals surface area contributed by atoms with E-state index in [9.17, 15) is 4.79 Å². The van der Waals surface area contributed by atoms with Crippen molar-refractivity contribution in [1.29, 1.82) is 0 Å². The Hall–Kier alpha value is -1.62. The molecule has 1 aromatic heterocycles. The monoisotopic (exact) mass is 261 g/mol. The second-order valence-corrected chi connectivity index (χ2v) is 5.80. The molecule has 1 aliphatic carbocycles. The van der Waals surface area contributed by atoms with Crippen molar-refractivity contribution in [3.05, 3.63) is 23.9 Å². The summed E-state index contributed by atoms with van der Waals surface area (Å²) in [7, 11) is 3.95. The molecule has 2 fully saturated rings. The van der Waals surface area contributed by atoms with Gasteiger partial charge in [-0.3, -0.25) is 9.69 Å². The highest BCUT2D eigenvalue weighted by Crippen LogP contribution is 2.51. The molecular formula is C14H19N3O2. The number of fused-ring (bicyclic) bond motifs is 1. The predicted octanol–water partition coefficient (Wildman–Crippen LogP) is 0.910. The number of rotatable bonds is 4. The number of hydrogen-bond donors (Lipinski definition) is 1. The standard InChI is InChI=1S/C14H19N3O2/c1-16(2)12-4-3-9(5-15-12)6-17-7-10-11(8-17)13(10)14(18)19/h3-5,10-11,13H,6-8H2,1-2H3,(H,18,19). The number of aliphatic carboxylic acids is 1. The van der Waals surface area contributed by atoms with Gasteiger partial charge in [0, 0.05) is 39.9 Å². The van der Waals surface area contributed by atoms with Crippen LogP contribution in [0.1, 0.15) is 5.56 Å². The average molecular weight is 261 g/mol. The third-order valence-corrected chi connectivity index (χ3v) is 4.23. The summed E-state index contributed by atoms with van der Waals surface area (Å²) in [5.41, 5.74) is 1.19. The lowest BCUT2D eigenvalue weighted by Gasteiger charge is -2.19. The largest absolute Gasteiger partial charge is 0.481 e. The Morgan fingerprint density at radius 3 is 2.58 bits per heavy atom. The summed E-state index contributed by atoms with van der Waals surface area (Å²) in [6.45, 7) is 2.70. The van der Waals surface area contributed by atoms with E-state index in [1.807, 2.05) is 31.3 Å². The zero-order valence-electron chi connectivity index (χ0n) is 11.3. The molecule has 1 aromatic rings. The van der Waals surface area contributed by atoms with Gasteiger partial charge in [0.15, 0.2) is 0 Å². The predicted molar refractivity (Wildman–Crippen MR) is 71.9 cm³/mol. The topological polar surface area (TPSA) is 56.7 Å². The molecular weight excluding hydrogens is 242 g/mol. The van der Waals surface area contributed by atoms with Crippen LogP contribution in [0.2, 0.25) is 0 Å². The maximum atomic E-state index is 10.9. The fraction of sp³-hybridized carbons (Fsp3) is 0.571. The first-order valence-corrected chi connectivity index (χ1v) is 6.63. The summed E-state index contributed by atoms with van der Waals surface area (Å²) < 4.78 is 0. The molecule has 5 heteroatoms. The number of carboxylic acid groups (broad SMARTS) is 1. The Morgan fingerprint density at radius 1 is 1.42 bits per heavy atom. The molecule has 1 aliphatic heterocycles. The summed E-state index contributed by atoms with van der Waals surface area (Å²) in [4.78, 5) is 19.6. The maximum Gasteiger partial charge on any atom is 0.307 e. The quantitative estimate of drug-likeness (QED) is 0.873. The number of likely N-dealkylation sites (tertiary alicyclic amines) is 1. The first kappa shape index (κ1) is 12.4. The normalized spacial score (nSPS) is 29.1. The minimum absolute atomic E-state index is 0.0782. The van der Waals surface area contributed by atoms with Crippen LogP contribution in [0.25, 0.3) is 0 Å². The van der Waals surface area contributed by atoms with E-state index in [1.165, 1.54) is 5.56 Å². The molecule has 0 aromatic carbocycles. The molecule has 102 valence electrons. The van der Waals surface area contributed by atoms with Crippen LogP contribution in [0.5, 0.6) is 0 Å². The van der Waals surface area contributed by atoms with E-state index in [0.717, 1.165) is 25.5 Å². The third kappa shape index (κ3) is 2.30. The van der Waals surface area contributed by atoms with E-state index in [-0.39, 0.29) is 5.92 Å². The van der Waals surface area contributed by atoms with E-state index in [4.69, 9.17) is 5.11 Å². The molecule has 19 heavy (non-hydrogen) atoms. The van der Waals surface area contributed by atoms with Crippen LogP contribution in [0.15, 0.2) is 18.3 Å². The summed E-state index contributed by atoms with van der Waals surface area (Å²) in [6, 6.07) is 4.12. The fourth-order valence-corrected chi connectivity index (χ4v) is 3.14. The number of aromatic nitrogens is 1. The first-order chi connectivity index (χ1) is 9.06. The molecule has 1 saturated heterocycles. The Balaban J connectivity index is 1.55. The van der Waals surface area contributed by atoms with Crippen LogP contribution >= 0.6 is 0 Å². The Kier molecular flexibility index (Phi) is 2.93. The van der Waals surface area contributed by atoms with Crippen LogP contribution in [0.3, 0.4) is 0 Å². The molecule has 2 heterocycles. The molecule has 3 rings (SSSR count). The van der Waals surface area contributed by atoms with Crippen LogP contribution < -0.4 is 4.90 Å². The van der Waals surface area contributed by atoms with Crippen LogP contribution in [-0.4, -0.2) is 48.1 Å². The third-order valence-electron chi connectivity index (χ3n) is 4.23. The van der Waals surface area contributed by atoms with Crippen molar-refractivity contribution in [3.63, 3.8) is 0 Å². The molecule has 1 saturated carbocycles. The van der Waals surface area contributed by atoms with Crippen molar-refractivity contribution in [2.24, 2.45) is 17.8 Å². The van der Waals surface area contributed by atoms with Crippen LogP contribution in [0.4, 0.5) is 5.82 Å². The zero-order chi connectivity index (χ0) is 13.6. The van der Waals surface area contributed by atoms with E-state index in [1.54, 1.807) is 0 Å².